The maximum Gasteiger partial charge on any atom is 0.272 e. The number of nitrogens with one attached hydrogen (secondary N) is 1. The molecular formula is C16H20N6O. The van der Waals surface area contributed by atoms with Crippen LogP contribution in [0.25, 0.3) is 0 Å². The van der Waals surface area contributed by atoms with Crippen molar-refractivity contribution in [3.05, 3.63) is 42.2 Å². The second-order valence-corrected chi connectivity index (χ2v) is 5.30. The Hall–Kier alpha value is -2.70. The summed E-state index contributed by atoms with van der Waals surface area (Å²) in [6, 6.07) is 9.28. The van der Waals surface area contributed by atoms with E-state index >= 15 is 0 Å². The van der Waals surface area contributed by atoms with Gasteiger partial charge in [0.2, 0.25) is 0 Å². The molecule has 23 heavy (non-hydrogen) atoms. The first kappa shape index (κ1) is 15.2. The highest BCUT2D eigenvalue weighted by Crippen LogP contribution is 2.15. The summed E-state index contributed by atoms with van der Waals surface area (Å²) in [5, 5.41) is 11.5. The number of pyridine rings is 1. The standard InChI is InChI=1S/C16H20N6O/c1-2-17-14-6-7-15(20-19-14)21-9-11-22(12-10-21)16(23)13-5-3-4-8-18-13/h3-8H,2,9-12H2,1H3,(H,17,19). The molecule has 2 aromatic rings. The average molecular weight is 312 g/mol. The highest BCUT2D eigenvalue weighted by atomic mass is 16.2. The number of piperazine rings is 1. The molecule has 1 amide bonds. The fourth-order valence-corrected chi connectivity index (χ4v) is 2.56. The lowest BCUT2D eigenvalue weighted by molar-refractivity contribution is 0.0740. The number of amides is 1. The molecule has 1 N–H and O–H groups in total. The van der Waals surface area contributed by atoms with Gasteiger partial charge in [0.15, 0.2) is 5.82 Å². The molecule has 0 atom stereocenters. The van der Waals surface area contributed by atoms with Crippen molar-refractivity contribution in [2.75, 3.05) is 42.9 Å². The zero-order chi connectivity index (χ0) is 16.1. The second-order valence-electron chi connectivity index (χ2n) is 5.30. The zero-order valence-corrected chi connectivity index (χ0v) is 13.1. The topological polar surface area (TPSA) is 74.2 Å². The molecule has 0 unspecified atom stereocenters. The molecule has 0 spiro atoms. The Kier molecular flexibility index (Phi) is 4.65. The van der Waals surface area contributed by atoms with E-state index in [9.17, 15) is 4.79 Å². The smallest absolute Gasteiger partial charge is 0.272 e. The predicted molar refractivity (Wildman–Crippen MR) is 88.5 cm³/mol. The molecule has 0 aliphatic carbocycles. The summed E-state index contributed by atoms with van der Waals surface area (Å²) in [7, 11) is 0. The van der Waals surface area contributed by atoms with Crippen molar-refractivity contribution in [1.29, 1.82) is 0 Å². The van der Waals surface area contributed by atoms with Gasteiger partial charge in [-0.15, -0.1) is 10.2 Å². The van der Waals surface area contributed by atoms with Crippen LogP contribution >= 0.6 is 0 Å². The Morgan fingerprint density at radius 2 is 1.96 bits per heavy atom. The molecule has 7 nitrogen and oxygen atoms in total. The average Bonchev–Trinajstić information content (AvgIpc) is 2.63. The Morgan fingerprint density at radius 1 is 1.13 bits per heavy atom. The summed E-state index contributed by atoms with van der Waals surface area (Å²) in [5.41, 5.74) is 0.496. The van der Waals surface area contributed by atoms with Crippen molar-refractivity contribution in [3.63, 3.8) is 0 Å². The van der Waals surface area contributed by atoms with E-state index in [1.165, 1.54) is 0 Å². The quantitative estimate of drug-likeness (QED) is 0.916. The molecule has 2 aromatic heterocycles. The van der Waals surface area contributed by atoms with Gasteiger partial charge in [0.1, 0.15) is 11.5 Å². The third-order valence-corrected chi connectivity index (χ3v) is 3.78. The molecule has 0 radical (unpaired) electrons. The molecule has 120 valence electrons. The first-order chi connectivity index (χ1) is 11.3. The summed E-state index contributed by atoms with van der Waals surface area (Å²) in [6.45, 7) is 5.65. The van der Waals surface area contributed by atoms with Gasteiger partial charge in [-0.3, -0.25) is 9.78 Å². The van der Waals surface area contributed by atoms with E-state index in [1.807, 2.05) is 36.1 Å². The first-order valence-electron chi connectivity index (χ1n) is 7.81. The van der Waals surface area contributed by atoms with Gasteiger partial charge in [-0.25, -0.2) is 0 Å². The van der Waals surface area contributed by atoms with Gasteiger partial charge in [-0.2, -0.15) is 0 Å². The minimum atomic E-state index is -0.0150. The molecule has 0 bridgehead atoms. The van der Waals surface area contributed by atoms with E-state index in [2.05, 4.69) is 25.4 Å². The van der Waals surface area contributed by atoms with Crippen LogP contribution in [0.4, 0.5) is 11.6 Å². The summed E-state index contributed by atoms with van der Waals surface area (Å²) < 4.78 is 0. The van der Waals surface area contributed by atoms with Gasteiger partial charge < -0.3 is 15.1 Å². The van der Waals surface area contributed by atoms with Gasteiger partial charge in [0, 0.05) is 38.9 Å². The number of carbonyl (C=O) groups excluding carboxylic acids is 1. The van der Waals surface area contributed by atoms with Crippen LogP contribution in [-0.4, -0.2) is 58.7 Å². The fourth-order valence-electron chi connectivity index (χ4n) is 2.56. The Bertz CT molecular complexity index is 637. The largest absolute Gasteiger partial charge is 0.369 e. The highest BCUT2D eigenvalue weighted by molar-refractivity contribution is 5.92. The van der Waals surface area contributed by atoms with Gasteiger partial charge >= 0.3 is 0 Å². The van der Waals surface area contributed by atoms with E-state index in [0.717, 1.165) is 31.3 Å². The molecule has 3 rings (SSSR count). The highest BCUT2D eigenvalue weighted by Gasteiger charge is 2.23. The minimum Gasteiger partial charge on any atom is -0.369 e. The number of hydrogen-bond donors (Lipinski definition) is 1. The Labute approximate surface area is 135 Å². The Morgan fingerprint density at radius 3 is 2.57 bits per heavy atom. The molecular weight excluding hydrogens is 292 g/mol. The molecule has 1 aliphatic heterocycles. The minimum absolute atomic E-state index is 0.0150. The molecule has 3 heterocycles. The van der Waals surface area contributed by atoms with Crippen molar-refractivity contribution in [3.8, 4) is 0 Å². The maximum absolute atomic E-state index is 12.4. The van der Waals surface area contributed by atoms with E-state index in [1.54, 1.807) is 12.3 Å². The van der Waals surface area contributed by atoms with Gasteiger partial charge in [-0.05, 0) is 31.2 Å². The molecule has 1 aliphatic rings. The predicted octanol–water partition coefficient (Wildman–Crippen LogP) is 1.27. The summed E-state index contributed by atoms with van der Waals surface area (Å²) in [6.07, 6.45) is 1.64. The van der Waals surface area contributed by atoms with Crippen molar-refractivity contribution in [2.24, 2.45) is 0 Å². The van der Waals surface area contributed by atoms with Gasteiger partial charge in [0.05, 0.1) is 0 Å². The van der Waals surface area contributed by atoms with Crippen molar-refractivity contribution < 1.29 is 4.79 Å². The van der Waals surface area contributed by atoms with Gasteiger partial charge in [0.25, 0.3) is 5.91 Å². The van der Waals surface area contributed by atoms with Crippen molar-refractivity contribution in [1.82, 2.24) is 20.1 Å². The zero-order valence-electron chi connectivity index (χ0n) is 13.1. The summed E-state index contributed by atoms with van der Waals surface area (Å²) in [5.74, 6) is 1.61. The molecule has 0 aromatic carbocycles. The van der Waals surface area contributed by atoms with Crippen LogP contribution in [0.5, 0.6) is 0 Å². The normalized spacial score (nSPS) is 14.7. The molecule has 1 saturated heterocycles. The number of rotatable bonds is 4. The van der Waals surface area contributed by atoms with Crippen LogP contribution in [0.15, 0.2) is 36.5 Å². The first-order valence-corrected chi connectivity index (χ1v) is 7.81. The fraction of sp³-hybridized carbons (Fsp3) is 0.375. The van der Waals surface area contributed by atoms with E-state index in [4.69, 9.17) is 0 Å². The number of nitrogens with zero attached hydrogens (tertiary/aromatic N) is 5. The van der Waals surface area contributed by atoms with Crippen LogP contribution in [0.3, 0.4) is 0 Å². The molecule has 0 saturated carbocycles. The van der Waals surface area contributed by atoms with E-state index in [-0.39, 0.29) is 5.91 Å². The number of carbonyl (C=O) groups is 1. The third kappa shape index (κ3) is 3.56. The molecule has 1 fully saturated rings. The lowest BCUT2D eigenvalue weighted by Gasteiger charge is -2.35. The lowest BCUT2D eigenvalue weighted by Crippen LogP contribution is -2.49. The molecule has 7 heteroatoms. The van der Waals surface area contributed by atoms with Crippen LogP contribution in [0, 0.1) is 0 Å². The van der Waals surface area contributed by atoms with Gasteiger partial charge in [-0.1, -0.05) is 6.07 Å². The number of aromatic nitrogens is 3. The van der Waals surface area contributed by atoms with Crippen LogP contribution in [0.2, 0.25) is 0 Å². The van der Waals surface area contributed by atoms with Crippen LogP contribution in [-0.2, 0) is 0 Å². The van der Waals surface area contributed by atoms with Crippen molar-refractivity contribution in [2.45, 2.75) is 6.92 Å². The van der Waals surface area contributed by atoms with Crippen LogP contribution < -0.4 is 10.2 Å². The number of anilines is 2. The third-order valence-electron chi connectivity index (χ3n) is 3.78. The Balaban J connectivity index is 1.59. The monoisotopic (exact) mass is 312 g/mol. The van der Waals surface area contributed by atoms with Crippen LogP contribution in [0.1, 0.15) is 17.4 Å². The van der Waals surface area contributed by atoms with E-state index in [0.29, 0.717) is 18.8 Å². The summed E-state index contributed by atoms with van der Waals surface area (Å²) >= 11 is 0. The van der Waals surface area contributed by atoms with E-state index < -0.39 is 0 Å². The second kappa shape index (κ2) is 7.04. The van der Waals surface area contributed by atoms with Crippen molar-refractivity contribution >= 4 is 17.5 Å². The summed E-state index contributed by atoms with van der Waals surface area (Å²) in [4.78, 5) is 20.5. The maximum atomic E-state index is 12.4. The SMILES string of the molecule is CCNc1ccc(N2CCN(C(=O)c3ccccn3)CC2)nn1. The number of hydrogen-bond acceptors (Lipinski definition) is 6. The lowest BCUT2D eigenvalue weighted by atomic mass is 10.2.